The van der Waals surface area contributed by atoms with Gasteiger partial charge in [0.25, 0.3) is 0 Å². The number of ether oxygens (including phenoxy) is 1. The second-order valence-electron chi connectivity index (χ2n) is 8.06. The highest BCUT2D eigenvalue weighted by molar-refractivity contribution is 5.82. The number of aliphatic carboxylic acids is 1. The van der Waals surface area contributed by atoms with Gasteiger partial charge in [-0.25, -0.2) is 23.5 Å². The highest BCUT2D eigenvalue weighted by Gasteiger charge is 2.41. The maximum absolute atomic E-state index is 14.6. The zero-order chi connectivity index (χ0) is 24.4. The molecule has 1 aliphatic rings. The number of nitrogens with one attached hydrogen (secondary N) is 1. The van der Waals surface area contributed by atoms with E-state index in [1.54, 1.807) is 30.3 Å². The van der Waals surface area contributed by atoms with Crippen molar-refractivity contribution in [3.63, 3.8) is 0 Å². The van der Waals surface area contributed by atoms with Gasteiger partial charge in [-0.1, -0.05) is 23.4 Å². The number of halogens is 2. The molecule has 0 spiro atoms. The van der Waals surface area contributed by atoms with Gasteiger partial charge in [-0.05, 0) is 12.1 Å². The third-order valence-electron chi connectivity index (χ3n) is 5.84. The lowest BCUT2D eigenvalue weighted by Crippen LogP contribution is -2.50. The van der Waals surface area contributed by atoms with Crippen molar-refractivity contribution in [2.45, 2.75) is 24.9 Å². The van der Waals surface area contributed by atoms with Gasteiger partial charge in [0.2, 0.25) is 0 Å². The smallest absolute Gasteiger partial charge is 0.329 e. The lowest BCUT2D eigenvalue weighted by atomic mass is 9.90. The first-order valence-corrected chi connectivity index (χ1v) is 10.8. The molecule has 0 bridgehead atoms. The predicted octanol–water partition coefficient (Wildman–Crippen LogP) is 3.37. The molecule has 2 N–H and O–H groups in total. The number of carboxylic acid groups (broad SMARTS) is 1. The summed E-state index contributed by atoms with van der Waals surface area (Å²) in [5, 5.41) is 21.0. The monoisotopic (exact) mass is 482 g/mol. The molecule has 0 amide bonds. The van der Waals surface area contributed by atoms with E-state index in [9.17, 15) is 18.7 Å². The van der Waals surface area contributed by atoms with E-state index in [1.807, 2.05) is 0 Å². The molecule has 3 aromatic heterocycles. The van der Waals surface area contributed by atoms with Crippen molar-refractivity contribution >= 4 is 11.8 Å². The summed E-state index contributed by atoms with van der Waals surface area (Å²) in [6, 6.07) is 9.55. The quantitative estimate of drug-likeness (QED) is 0.407. The first kappa shape index (κ1) is 22.6. The molecule has 0 unspecified atom stereocenters. The van der Waals surface area contributed by atoms with Crippen LogP contribution in [0.25, 0.3) is 22.9 Å². The number of anilines is 1. The molecule has 1 aliphatic heterocycles. The van der Waals surface area contributed by atoms with E-state index in [2.05, 4.69) is 25.5 Å². The average Bonchev–Trinajstić information content (AvgIpc) is 3.53. The summed E-state index contributed by atoms with van der Waals surface area (Å²) >= 11 is 0. The molecular weight excluding hydrogens is 462 g/mol. The second kappa shape index (κ2) is 9.22. The number of rotatable bonds is 7. The summed E-state index contributed by atoms with van der Waals surface area (Å²) in [4.78, 5) is 20.2. The molecule has 0 aliphatic carbocycles. The highest BCUT2D eigenvalue weighted by atomic mass is 19.1. The minimum atomic E-state index is -1.42. The Bertz CT molecular complexity index is 1350. The van der Waals surface area contributed by atoms with Crippen LogP contribution >= 0.6 is 0 Å². The minimum absolute atomic E-state index is 0.0542. The third kappa shape index (κ3) is 4.47. The summed E-state index contributed by atoms with van der Waals surface area (Å²) in [6.45, 7) is 0.532. The van der Waals surface area contributed by atoms with Gasteiger partial charge < -0.3 is 19.7 Å². The first-order chi connectivity index (χ1) is 16.9. The molecule has 0 radical (unpaired) electrons. The largest absolute Gasteiger partial charge is 0.480 e. The van der Waals surface area contributed by atoms with Gasteiger partial charge in [0.15, 0.2) is 17.5 Å². The van der Waals surface area contributed by atoms with Crippen LogP contribution in [-0.4, -0.2) is 54.7 Å². The molecule has 12 heteroatoms. The fourth-order valence-electron chi connectivity index (χ4n) is 3.90. The Morgan fingerprint density at radius 2 is 1.94 bits per heavy atom. The fraction of sp³-hybridized carbons (Fsp3) is 0.261. The topological polar surface area (TPSA) is 128 Å². The molecule has 1 saturated heterocycles. The summed E-state index contributed by atoms with van der Waals surface area (Å²) in [5.74, 6) is -2.52. The van der Waals surface area contributed by atoms with Crippen LogP contribution in [0.15, 0.2) is 53.4 Å². The Labute approximate surface area is 197 Å². The molecule has 180 valence electrons. The Morgan fingerprint density at radius 1 is 1.14 bits per heavy atom. The predicted molar refractivity (Wildman–Crippen MR) is 118 cm³/mol. The van der Waals surface area contributed by atoms with E-state index in [0.29, 0.717) is 17.0 Å². The van der Waals surface area contributed by atoms with E-state index >= 15 is 0 Å². The van der Waals surface area contributed by atoms with Crippen LogP contribution in [0.3, 0.4) is 0 Å². The third-order valence-corrected chi connectivity index (χ3v) is 5.84. The van der Waals surface area contributed by atoms with Gasteiger partial charge >= 0.3 is 5.97 Å². The number of hydrogen-bond donors (Lipinski definition) is 2. The van der Waals surface area contributed by atoms with Crippen molar-refractivity contribution in [1.82, 2.24) is 24.9 Å². The van der Waals surface area contributed by atoms with Crippen LogP contribution in [0, 0.1) is 11.6 Å². The van der Waals surface area contributed by atoms with Crippen LogP contribution < -0.4 is 5.32 Å². The summed E-state index contributed by atoms with van der Waals surface area (Å²) < 4.78 is 40.6. The highest BCUT2D eigenvalue weighted by Crippen LogP contribution is 2.29. The van der Waals surface area contributed by atoms with Crippen molar-refractivity contribution < 1.29 is 27.9 Å². The number of aromatic nitrogens is 5. The van der Waals surface area contributed by atoms with Gasteiger partial charge in [-0.15, -0.1) is 0 Å². The van der Waals surface area contributed by atoms with E-state index in [-0.39, 0.29) is 49.9 Å². The molecule has 10 nitrogen and oxygen atoms in total. The van der Waals surface area contributed by atoms with Gasteiger partial charge in [-0.3, -0.25) is 4.68 Å². The normalized spacial score (nSPS) is 15.1. The summed E-state index contributed by atoms with van der Waals surface area (Å²) in [5.41, 5.74) is 0.204. The Kier molecular flexibility index (Phi) is 5.95. The van der Waals surface area contributed by atoms with Crippen LogP contribution in [0.4, 0.5) is 14.6 Å². The molecule has 4 heterocycles. The lowest BCUT2D eigenvalue weighted by molar-refractivity contribution is -0.145. The van der Waals surface area contributed by atoms with Gasteiger partial charge in [0, 0.05) is 37.7 Å². The zero-order valence-electron chi connectivity index (χ0n) is 18.3. The first-order valence-electron chi connectivity index (χ1n) is 10.8. The Balaban J connectivity index is 1.52. The number of carbonyl (C=O) groups is 1. The molecule has 1 fully saturated rings. The molecule has 5 rings (SSSR count). The van der Waals surface area contributed by atoms with E-state index in [0.717, 1.165) is 6.20 Å². The van der Waals surface area contributed by atoms with Crippen LogP contribution in [0.1, 0.15) is 18.4 Å². The van der Waals surface area contributed by atoms with E-state index in [4.69, 9.17) is 9.26 Å². The summed E-state index contributed by atoms with van der Waals surface area (Å²) in [7, 11) is 0. The summed E-state index contributed by atoms with van der Waals surface area (Å²) in [6.07, 6.45) is 2.64. The van der Waals surface area contributed by atoms with Crippen LogP contribution in [-0.2, 0) is 16.1 Å². The Morgan fingerprint density at radius 3 is 2.66 bits per heavy atom. The molecule has 1 aromatic carbocycles. The molecule has 0 saturated carbocycles. The van der Waals surface area contributed by atoms with Crippen LogP contribution in [0.2, 0.25) is 0 Å². The maximum Gasteiger partial charge on any atom is 0.329 e. The van der Waals surface area contributed by atoms with E-state index in [1.165, 1.54) is 17.0 Å². The standard InChI is InChI=1S/C23H20F2N6O4/c24-15-4-2-1-3-14(15)13-31-19(17-5-8-35-30-17)11-18(29-31)21-26-12-16(25)20(27-21)28-23(22(32)33)6-9-34-10-7-23/h1-5,8,11-12H,6-7,9-10,13H2,(H,32,33)(H,26,27,28). The van der Waals surface area contributed by atoms with Crippen molar-refractivity contribution in [2.24, 2.45) is 0 Å². The van der Waals surface area contributed by atoms with Crippen molar-refractivity contribution in [3.05, 3.63) is 66.1 Å². The van der Waals surface area contributed by atoms with Crippen molar-refractivity contribution in [1.29, 1.82) is 0 Å². The Hall–Kier alpha value is -4.19. The number of nitrogens with zero attached hydrogens (tertiary/aromatic N) is 5. The van der Waals surface area contributed by atoms with Crippen molar-refractivity contribution in [3.8, 4) is 22.9 Å². The lowest BCUT2D eigenvalue weighted by Gasteiger charge is -2.34. The fourth-order valence-corrected chi connectivity index (χ4v) is 3.90. The number of hydrogen-bond acceptors (Lipinski definition) is 8. The van der Waals surface area contributed by atoms with Gasteiger partial charge in [0.05, 0.1) is 18.4 Å². The van der Waals surface area contributed by atoms with E-state index < -0.39 is 23.1 Å². The molecular formula is C23H20F2N6O4. The average molecular weight is 482 g/mol. The minimum Gasteiger partial charge on any atom is -0.480 e. The molecule has 0 atom stereocenters. The SMILES string of the molecule is O=C(O)C1(Nc2nc(-c3cc(-c4ccon4)n(Cc4ccccc4F)n3)ncc2F)CCOCC1. The molecule has 4 aromatic rings. The van der Waals surface area contributed by atoms with Gasteiger partial charge in [0.1, 0.15) is 29.0 Å². The van der Waals surface area contributed by atoms with Gasteiger partial charge in [-0.2, -0.15) is 5.10 Å². The van der Waals surface area contributed by atoms with Crippen LogP contribution in [0.5, 0.6) is 0 Å². The molecule has 35 heavy (non-hydrogen) atoms. The maximum atomic E-state index is 14.6. The second-order valence-corrected chi connectivity index (χ2v) is 8.06. The number of benzene rings is 1. The zero-order valence-corrected chi connectivity index (χ0v) is 18.3. The van der Waals surface area contributed by atoms with Crippen molar-refractivity contribution in [2.75, 3.05) is 18.5 Å². The number of carboxylic acids is 1.